The second kappa shape index (κ2) is 4.43. The van der Waals surface area contributed by atoms with Crippen molar-refractivity contribution in [2.24, 2.45) is 16.7 Å². The Morgan fingerprint density at radius 1 is 1.20 bits per heavy atom. The summed E-state index contributed by atoms with van der Waals surface area (Å²) < 4.78 is 0. The van der Waals surface area contributed by atoms with Crippen molar-refractivity contribution in [1.29, 1.82) is 5.26 Å². The molecule has 1 aliphatic heterocycles. The number of hydrogen-bond donors (Lipinski definition) is 0. The molecule has 0 radical (unpaired) electrons. The zero-order chi connectivity index (χ0) is 17.4. The fourth-order valence-corrected chi connectivity index (χ4v) is 6.31. The third-order valence-corrected chi connectivity index (χ3v) is 8.01. The van der Waals surface area contributed by atoms with E-state index in [1.807, 2.05) is 47.4 Å². The first-order valence-corrected chi connectivity index (χ1v) is 9.18. The Labute approximate surface area is 148 Å². The maximum atomic E-state index is 13.6. The van der Waals surface area contributed by atoms with Crippen molar-refractivity contribution in [1.82, 2.24) is 4.90 Å². The molecule has 0 spiro atoms. The van der Waals surface area contributed by atoms with Crippen molar-refractivity contribution in [2.75, 3.05) is 6.54 Å². The number of nitriles is 1. The molecular formula is C22H22N2O. The predicted octanol–water partition coefficient (Wildman–Crippen LogP) is 4.38. The van der Waals surface area contributed by atoms with E-state index in [1.165, 1.54) is 6.42 Å². The zero-order valence-corrected chi connectivity index (χ0v) is 14.7. The standard InChI is InChI=1S/C22H22N2O/c1-20-14-24(22(13-23)12-16(20)10-11-21(20,22)2)19(25)18-9-5-7-15-6-3-4-8-17(15)18/h3-9,16H,10-12,14H2,1-2H3/t16-,20-,21-,22-/m0/s1. The van der Waals surface area contributed by atoms with Crippen LogP contribution < -0.4 is 0 Å². The highest BCUT2D eigenvalue weighted by atomic mass is 16.2. The molecule has 1 saturated heterocycles. The second-order valence-corrected chi connectivity index (χ2v) is 8.58. The summed E-state index contributed by atoms with van der Waals surface area (Å²) in [6, 6.07) is 16.5. The Kier molecular flexibility index (Phi) is 2.65. The van der Waals surface area contributed by atoms with Crippen LogP contribution in [0.15, 0.2) is 42.5 Å². The van der Waals surface area contributed by atoms with Gasteiger partial charge in [-0.2, -0.15) is 5.26 Å². The maximum Gasteiger partial charge on any atom is 0.255 e. The molecule has 2 aliphatic carbocycles. The number of fused-ring (bicyclic) bond motifs is 1. The van der Waals surface area contributed by atoms with Crippen molar-refractivity contribution in [2.45, 2.75) is 38.6 Å². The van der Waals surface area contributed by atoms with Gasteiger partial charge in [0.2, 0.25) is 0 Å². The van der Waals surface area contributed by atoms with Crippen LogP contribution in [0.3, 0.4) is 0 Å². The summed E-state index contributed by atoms with van der Waals surface area (Å²) in [5, 5.41) is 12.2. The molecule has 3 heteroatoms. The summed E-state index contributed by atoms with van der Waals surface area (Å²) in [7, 11) is 0. The number of rotatable bonds is 1. The fourth-order valence-electron chi connectivity index (χ4n) is 6.31. The Morgan fingerprint density at radius 3 is 2.72 bits per heavy atom. The van der Waals surface area contributed by atoms with Gasteiger partial charge in [-0.15, -0.1) is 0 Å². The minimum absolute atomic E-state index is 0.0219. The van der Waals surface area contributed by atoms with Crippen LogP contribution in [0.25, 0.3) is 10.8 Å². The van der Waals surface area contributed by atoms with E-state index in [9.17, 15) is 10.1 Å². The van der Waals surface area contributed by atoms with Crippen LogP contribution >= 0.6 is 0 Å². The van der Waals surface area contributed by atoms with E-state index in [0.29, 0.717) is 12.5 Å². The van der Waals surface area contributed by atoms with E-state index in [2.05, 4.69) is 19.9 Å². The summed E-state index contributed by atoms with van der Waals surface area (Å²) in [6.07, 6.45) is 3.10. The Hall–Kier alpha value is -2.34. The minimum Gasteiger partial charge on any atom is -0.319 e. The van der Waals surface area contributed by atoms with Crippen molar-refractivity contribution in [3.8, 4) is 6.07 Å². The highest BCUT2D eigenvalue weighted by Crippen LogP contribution is 2.75. The summed E-state index contributed by atoms with van der Waals surface area (Å²) >= 11 is 0. The van der Waals surface area contributed by atoms with E-state index >= 15 is 0 Å². The third-order valence-electron chi connectivity index (χ3n) is 8.01. The average Bonchev–Trinajstić information content (AvgIpc) is 3.09. The SMILES string of the molecule is C[C@@]12CC[C@H]3C[C@@]1(C#N)N(C(=O)c1cccc4ccccc14)C[C@@]32C. The lowest BCUT2D eigenvalue weighted by Gasteiger charge is -2.43. The number of nitrogens with zero attached hydrogens (tertiary/aromatic N) is 2. The molecule has 1 amide bonds. The number of piperidine rings is 1. The van der Waals surface area contributed by atoms with Gasteiger partial charge in [-0.3, -0.25) is 4.79 Å². The number of carbonyl (C=O) groups excluding carboxylic acids is 1. The van der Waals surface area contributed by atoms with Crippen LogP contribution in [0.4, 0.5) is 0 Å². The topological polar surface area (TPSA) is 44.1 Å². The number of benzene rings is 2. The molecule has 3 nitrogen and oxygen atoms in total. The van der Waals surface area contributed by atoms with Crippen LogP contribution in [-0.4, -0.2) is 22.9 Å². The quantitative estimate of drug-likeness (QED) is 0.778. The Bertz CT molecular complexity index is 955. The van der Waals surface area contributed by atoms with Gasteiger partial charge in [-0.25, -0.2) is 0 Å². The van der Waals surface area contributed by atoms with Crippen molar-refractivity contribution >= 4 is 16.7 Å². The smallest absolute Gasteiger partial charge is 0.255 e. The van der Waals surface area contributed by atoms with Crippen LogP contribution in [0.2, 0.25) is 0 Å². The number of likely N-dealkylation sites (tertiary alicyclic amines) is 1. The number of amides is 1. The van der Waals surface area contributed by atoms with Crippen LogP contribution in [0, 0.1) is 28.1 Å². The van der Waals surface area contributed by atoms with Crippen LogP contribution in [0.5, 0.6) is 0 Å². The summed E-state index contributed by atoms with van der Waals surface area (Å²) in [5.74, 6) is 0.599. The van der Waals surface area contributed by atoms with Gasteiger partial charge in [-0.05, 0) is 47.4 Å². The molecule has 2 aromatic rings. The van der Waals surface area contributed by atoms with E-state index in [-0.39, 0.29) is 16.7 Å². The number of hydrogen-bond acceptors (Lipinski definition) is 2. The van der Waals surface area contributed by atoms with Crippen molar-refractivity contribution in [3.05, 3.63) is 48.0 Å². The molecule has 0 unspecified atom stereocenters. The molecule has 2 saturated carbocycles. The van der Waals surface area contributed by atoms with Gasteiger partial charge < -0.3 is 4.90 Å². The molecule has 4 atom stereocenters. The number of carbonyl (C=O) groups is 1. The summed E-state index contributed by atoms with van der Waals surface area (Å²) in [4.78, 5) is 15.5. The Morgan fingerprint density at radius 2 is 1.96 bits per heavy atom. The zero-order valence-electron chi connectivity index (χ0n) is 14.7. The van der Waals surface area contributed by atoms with Gasteiger partial charge in [0.25, 0.3) is 5.91 Å². The Balaban J connectivity index is 1.65. The normalized spacial score (nSPS) is 38.3. The van der Waals surface area contributed by atoms with Crippen molar-refractivity contribution in [3.63, 3.8) is 0 Å². The first kappa shape index (κ1) is 15.0. The molecule has 1 heterocycles. The first-order chi connectivity index (χ1) is 12.0. The van der Waals surface area contributed by atoms with Gasteiger partial charge in [0, 0.05) is 17.5 Å². The van der Waals surface area contributed by atoms with Crippen LogP contribution in [-0.2, 0) is 0 Å². The van der Waals surface area contributed by atoms with Gasteiger partial charge in [0.15, 0.2) is 0 Å². The van der Waals surface area contributed by atoms with E-state index in [4.69, 9.17) is 0 Å². The lowest BCUT2D eigenvalue weighted by molar-refractivity contribution is 0.0432. The highest BCUT2D eigenvalue weighted by molar-refractivity contribution is 6.07. The first-order valence-electron chi connectivity index (χ1n) is 9.18. The maximum absolute atomic E-state index is 13.6. The van der Waals surface area contributed by atoms with Gasteiger partial charge in [0.05, 0.1) is 6.07 Å². The van der Waals surface area contributed by atoms with Gasteiger partial charge in [-0.1, -0.05) is 50.2 Å². The molecule has 3 fully saturated rings. The minimum atomic E-state index is -0.640. The molecule has 2 aromatic carbocycles. The van der Waals surface area contributed by atoms with Crippen molar-refractivity contribution < 1.29 is 4.79 Å². The lowest BCUT2D eigenvalue weighted by Crippen LogP contribution is -2.54. The summed E-state index contributed by atoms with van der Waals surface area (Å²) in [5.41, 5.74) is 0.0739. The molecular weight excluding hydrogens is 308 g/mol. The second-order valence-electron chi connectivity index (χ2n) is 8.58. The fraction of sp³-hybridized carbons (Fsp3) is 0.455. The average molecular weight is 330 g/mol. The monoisotopic (exact) mass is 330 g/mol. The van der Waals surface area contributed by atoms with Gasteiger partial charge >= 0.3 is 0 Å². The predicted molar refractivity (Wildman–Crippen MR) is 96.9 cm³/mol. The third kappa shape index (κ3) is 1.46. The molecule has 0 N–H and O–H groups in total. The molecule has 0 aromatic heterocycles. The van der Waals surface area contributed by atoms with Crippen LogP contribution in [0.1, 0.15) is 43.5 Å². The molecule has 3 aliphatic rings. The highest BCUT2D eigenvalue weighted by Gasteiger charge is 2.78. The molecule has 25 heavy (non-hydrogen) atoms. The van der Waals surface area contributed by atoms with Gasteiger partial charge in [0.1, 0.15) is 5.54 Å². The van der Waals surface area contributed by atoms with E-state index in [0.717, 1.165) is 29.2 Å². The van der Waals surface area contributed by atoms with E-state index in [1.54, 1.807) is 0 Å². The molecule has 4 bridgehead atoms. The molecule has 5 rings (SSSR count). The van der Waals surface area contributed by atoms with E-state index < -0.39 is 5.54 Å². The largest absolute Gasteiger partial charge is 0.319 e. The summed E-state index contributed by atoms with van der Waals surface area (Å²) in [6.45, 7) is 5.27. The molecule has 126 valence electrons. The lowest BCUT2D eigenvalue weighted by atomic mass is 9.66.